The van der Waals surface area contributed by atoms with E-state index in [1.54, 1.807) is 0 Å². The zero-order valence-corrected chi connectivity index (χ0v) is 15.4. The van der Waals surface area contributed by atoms with Crippen molar-refractivity contribution in [2.75, 3.05) is 13.1 Å². The third-order valence-corrected chi connectivity index (χ3v) is 5.69. The van der Waals surface area contributed by atoms with Gasteiger partial charge in [-0.25, -0.2) is 0 Å². The lowest BCUT2D eigenvalue weighted by Crippen LogP contribution is -2.32. The molecule has 0 aromatic heterocycles. The summed E-state index contributed by atoms with van der Waals surface area (Å²) < 4.78 is 0. The average Bonchev–Trinajstić information content (AvgIpc) is 2.58. The molecule has 0 saturated heterocycles. The van der Waals surface area contributed by atoms with E-state index in [-0.39, 0.29) is 6.10 Å². The molecular weight excluding hydrogens is 294 g/mol. The first kappa shape index (κ1) is 17.2. The summed E-state index contributed by atoms with van der Waals surface area (Å²) in [6.45, 7) is 11.6. The number of benzene rings is 2. The van der Waals surface area contributed by atoms with Gasteiger partial charge in [0.2, 0.25) is 0 Å². The monoisotopic (exact) mass is 323 g/mol. The summed E-state index contributed by atoms with van der Waals surface area (Å²) in [6, 6.07) is 11.0. The maximum absolute atomic E-state index is 10.8. The van der Waals surface area contributed by atoms with Crippen LogP contribution in [0.3, 0.4) is 0 Å². The van der Waals surface area contributed by atoms with Gasteiger partial charge in [-0.3, -0.25) is 4.90 Å². The van der Waals surface area contributed by atoms with Gasteiger partial charge in [-0.2, -0.15) is 0 Å². The van der Waals surface area contributed by atoms with Gasteiger partial charge < -0.3 is 5.11 Å². The highest BCUT2D eigenvalue weighted by Crippen LogP contribution is 2.29. The Morgan fingerprint density at radius 1 is 1.00 bits per heavy atom. The van der Waals surface area contributed by atoms with Crippen LogP contribution in [0.25, 0.3) is 0 Å². The van der Waals surface area contributed by atoms with Gasteiger partial charge in [0, 0.05) is 19.6 Å². The zero-order chi connectivity index (χ0) is 17.3. The van der Waals surface area contributed by atoms with Crippen molar-refractivity contribution in [1.29, 1.82) is 0 Å². The van der Waals surface area contributed by atoms with Crippen LogP contribution in [0.15, 0.2) is 30.3 Å². The number of rotatable bonds is 4. The average molecular weight is 323 g/mol. The second kappa shape index (κ2) is 7.08. The van der Waals surface area contributed by atoms with Gasteiger partial charge in [-0.1, -0.05) is 30.3 Å². The summed E-state index contributed by atoms with van der Waals surface area (Å²) >= 11 is 0. The van der Waals surface area contributed by atoms with Crippen molar-refractivity contribution < 1.29 is 5.11 Å². The van der Waals surface area contributed by atoms with Crippen molar-refractivity contribution in [3.8, 4) is 0 Å². The van der Waals surface area contributed by atoms with E-state index in [2.05, 4.69) is 62.9 Å². The molecule has 0 fully saturated rings. The Bertz CT molecular complexity index is 709. The molecule has 2 aromatic rings. The standard InChI is InChI=1S/C22H29NO/c1-15-13-16(2)18(4)22(17(15)3)21(24)10-12-23-11-9-19-7-5-6-8-20(19)14-23/h5-8,13,21,24H,9-12,14H2,1-4H3. The number of aliphatic hydroxyl groups is 1. The Labute approximate surface area is 146 Å². The molecule has 0 radical (unpaired) electrons. The van der Waals surface area contributed by atoms with Crippen LogP contribution in [0.4, 0.5) is 0 Å². The largest absolute Gasteiger partial charge is 0.388 e. The highest BCUT2D eigenvalue weighted by molar-refractivity contribution is 5.45. The molecule has 1 aliphatic heterocycles. The van der Waals surface area contributed by atoms with Crippen LogP contribution in [-0.2, 0) is 13.0 Å². The highest BCUT2D eigenvalue weighted by atomic mass is 16.3. The minimum Gasteiger partial charge on any atom is -0.388 e. The maximum atomic E-state index is 10.8. The predicted molar refractivity (Wildman–Crippen MR) is 100 cm³/mol. The molecule has 0 bridgehead atoms. The van der Waals surface area contributed by atoms with E-state index in [9.17, 15) is 5.11 Å². The van der Waals surface area contributed by atoms with Crippen LogP contribution < -0.4 is 0 Å². The summed E-state index contributed by atoms with van der Waals surface area (Å²) in [5.74, 6) is 0. The van der Waals surface area contributed by atoms with Crippen molar-refractivity contribution in [2.45, 2.75) is 53.2 Å². The predicted octanol–water partition coefficient (Wildman–Crippen LogP) is 4.40. The van der Waals surface area contributed by atoms with Crippen LogP contribution in [0.5, 0.6) is 0 Å². The van der Waals surface area contributed by atoms with Gasteiger partial charge in [0.1, 0.15) is 0 Å². The molecule has 3 rings (SSSR count). The lowest BCUT2D eigenvalue weighted by molar-refractivity contribution is 0.136. The SMILES string of the molecule is Cc1cc(C)c(C)c(C(O)CCN2CCc3ccccc3C2)c1C. The lowest BCUT2D eigenvalue weighted by atomic mass is 9.89. The van der Waals surface area contributed by atoms with Crippen molar-refractivity contribution in [1.82, 2.24) is 4.90 Å². The van der Waals surface area contributed by atoms with Crippen LogP contribution in [-0.4, -0.2) is 23.1 Å². The molecule has 2 heteroatoms. The van der Waals surface area contributed by atoms with Crippen LogP contribution in [0.1, 0.15) is 51.5 Å². The first-order valence-corrected chi connectivity index (χ1v) is 9.02. The normalized spacial score (nSPS) is 16.0. The number of hydrogen-bond acceptors (Lipinski definition) is 2. The zero-order valence-electron chi connectivity index (χ0n) is 15.4. The van der Waals surface area contributed by atoms with E-state index in [0.717, 1.165) is 38.0 Å². The fourth-order valence-electron chi connectivity index (χ4n) is 3.94. The molecule has 0 spiro atoms. The van der Waals surface area contributed by atoms with E-state index in [0.29, 0.717) is 0 Å². The number of aryl methyl sites for hydroxylation is 2. The summed E-state index contributed by atoms with van der Waals surface area (Å²) in [5, 5.41) is 10.8. The molecule has 2 nitrogen and oxygen atoms in total. The van der Waals surface area contributed by atoms with Crippen LogP contribution >= 0.6 is 0 Å². The van der Waals surface area contributed by atoms with Gasteiger partial charge >= 0.3 is 0 Å². The molecule has 0 amide bonds. The molecule has 1 N–H and O–H groups in total. The molecule has 0 aliphatic carbocycles. The third-order valence-electron chi connectivity index (χ3n) is 5.69. The fourth-order valence-corrected chi connectivity index (χ4v) is 3.94. The van der Waals surface area contributed by atoms with Crippen LogP contribution in [0.2, 0.25) is 0 Å². The topological polar surface area (TPSA) is 23.5 Å². The first-order valence-electron chi connectivity index (χ1n) is 9.02. The van der Waals surface area contributed by atoms with E-state index >= 15 is 0 Å². The molecule has 1 heterocycles. The minimum atomic E-state index is -0.374. The lowest BCUT2D eigenvalue weighted by Gasteiger charge is -2.30. The maximum Gasteiger partial charge on any atom is 0.0807 e. The van der Waals surface area contributed by atoms with Gasteiger partial charge in [0.15, 0.2) is 0 Å². The Morgan fingerprint density at radius 2 is 1.62 bits per heavy atom. The van der Waals surface area contributed by atoms with Crippen LogP contribution in [0, 0.1) is 27.7 Å². The van der Waals surface area contributed by atoms with E-state index in [1.807, 2.05) is 0 Å². The summed E-state index contributed by atoms with van der Waals surface area (Å²) in [7, 11) is 0. The first-order chi connectivity index (χ1) is 11.5. The molecule has 1 atom stereocenters. The number of nitrogens with zero attached hydrogens (tertiary/aromatic N) is 1. The van der Waals surface area contributed by atoms with Gasteiger partial charge in [0.25, 0.3) is 0 Å². The molecule has 1 aliphatic rings. The number of fused-ring (bicyclic) bond motifs is 1. The quantitative estimate of drug-likeness (QED) is 0.901. The van der Waals surface area contributed by atoms with E-state index < -0.39 is 0 Å². The molecule has 2 aromatic carbocycles. The number of hydrogen-bond donors (Lipinski definition) is 1. The van der Waals surface area contributed by atoms with Crippen molar-refractivity contribution >= 4 is 0 Å². The van der Waals surface area contributed by atoms with Gasteiger partial charge in [0.05, 0.1) is 6.10 Å². The summed E-state index contributed by atoms with van der Waals surface area (Å²) in [5.41, 5.74) is 9.11. The Hall–Kier alpha value is -1.64. The third kappa shape index (κ3) is 3.40. The fraction of sp³-hybridized carbons (Fsp3) is 0.455. The van der Waals surface area contributed by atoms with E-state index in [1.165, 1.54) is 33.4 Å². The van der Waals surface area contributed by atoms with Gasteiger partial charge in [-0.05, 0) is 79.5 Å². The van der Waals surface area contributed by atoms with E-state index in [4.69, 9.17) is 0 Å². The summed E-state index contributed by atoms with van der Waals surface area (Å²) in [4.78, 5) is 2.47. The summed E-state index contributed by atoms with van der Waals surface area (Å²) in [6.07, 6.45) is 1.54. The Morgan fingerprint density at radius 3 is 2.29 bits per heavy atom. The van der Waals surface area contributed by atoms with Gasteiger partial charge in [-0.15, -0.1) is 0 Å². The number of aliphatic hydroxyl groups excluding tert-OH is 1. The smallest absolute Gasteiger partial charge is 0.0807 e. The Balaban J connectivity index is 1.68. The second-order valence-electron chi connectivity index (χ2n) is 7.27. The Kier molecular flexibility index (Phi) is 5.07. The highest BCUT2D eigenvalue weighted by Gasteiger charge is 2.20. The minimum absolute atomic E-state index is 0.374. The van der Waals surface area contributed by atoms with Crippen molar-refractivity contribution in [2.24, 2.45) is 0 Å². The molecule has 24 heavy (non-hydrogen) atoms. The van der Waals surface area contributed by atoms with Crippen molar-refractivity contribution in [3.63, 3.8) is 0 Å². The van der Waals surface area contributed by atoms with Crippen molar-refractivity contribution in [3.05, 3.63) is 69.3 Å². The molecule has 128 valence electrons. The molecule has 0 saturated carbocycles. The molecular formula is C22H29NO. The molecule has 1 unspecified atom stereocenters. The second-order valence-corrected chi connectivity index (χ2v) is 7.27.